The Hall–Kier alpha value is -3.06. The SMILES string of the molecule is CC1(C)Cc2c(Oc3ccc(C(=O)N4CCOCC4)cc3)cc(C(=O)O)cc2O1. The van der Waals surface area contributed by atoms with Gasteiger partial charge in [0.25, 0.3) is 5.91 Å². The lowest BCUT2D eigenvalue weighted by Gasteiger charge is -2.26. The van der Waals surface area contributed by atoms with E-state index in [9.17, 15) is 14.7 Å². The first kappa shape index (κ1) is 19.3. The van der Waals surface area contributed by atoms with Crippen LogP contribution >= 0.6 is 0 Å². The van der Waals surface area contributed by atoms with E-state index >= 15 is 0 Å². The van der Waals surface area contributed by atoms with Crippen LogP contribution in [0.3, 0.4) is 0 Å². The van der Waals surface area contributed by atoms with Crippen molar-refractivity contribution in [2.45, 2.75) is 25.9 Å². The fourth-order valence-electron chi connectivity index (χ4n) is 3.60. The number of amides is 1. The molecule has 1 fully saturated rings. The van der Waals surface area contributed by atoms with Gasteiger partial charge in [0.15, 0.2) is 0 Å². The molecule has 1 N–H and O–H groups in total. The molecule has 2 aromatic rings. The molecule has 7 heteroatoms. The van der Waals surface area contributed by atoms with E-state index < -0.39 is 11.6 Å². The smallest absolute Gasteiger partial charge is 0.335 e. The molecule has 29 heavy (non-hydrogen) atoms. The van der Waals surface area contributed by atoms with Crippen molar-refractivity contribution in [3.05, 3.63) is 53.1 Å². The molecule has 4 rings (SSSR count). The zero-order valence-electron chi connectivity index (χ0n) is 16.4. The summed E-state index contributed by atoms with van der Waals surface area (Å²) in [6.07, 6.45) is 0.616. The van der Waals surface area contributed by atoms with Crippen LogP contribution in [-0.2, 0) is 11.2 Å². The summed E-state index contributed by atoms with van der Waals surface area (Å²) in [6.45, 7) is 6.17. The first-order chi connectivity index (χ1) is 13.8. The van der Waals surface area contributed by atoms with Gasteiger partial charge in [0.1, 0.15) is 22.8 Å². The van der Waals surface area contributed by atoms with Crippen LogP contribution in [0.1, 0.15) is 40.1 Å². The number of carbonyl (C=O) groups is 2. The predicted octanol–water partition coefficient (Wildman–Crippen LogP) is 3.36. The minimum absolute atomic E-state index is 0.0382. The number of hydrogen-bond donors (Lipinski definition) is 1. The van der Waals surface area contributed by atoms with Gasteiger partial charge < -0.3 is 24.2 Å². The Morgan fingerprint density at radius 2 is 1.76 bits per heavy atom. The summed E-state index contributed by atoms with van der Waals surface area (Å²) in [5.41, 5.74) is 1.10. The van der Waals surface area contributed by atoms with Crippen molar-refractivity contribution in [1.29, 1.82) is 0 Å². The normalized spacial score (nSPS) is 17.4. The first-order valence-corrected chi connectivity index (χ1v) is 9.56. The van der Waals surface area contributed by atoms with E-state index in [0.717, 1.165) is 5.56 Å². The van der Waals surface area contributed by atoms with Crippen molar-refractivity contribution in [2.75, 3.05) is 26.3 Å². The van der Waals surface area contributed by atoms with Gasteiger partial charge in [-0.25, -0.2) is 4.79 Å². The number of carbonyl (C=O) groups excluding carboxylic acids is 1. The molecule has 0 saturated carbocycles. The lowest BCUT2D eigenvalue weighted by Crippen LogP contribution is -2.40. The maximum absolute atomic E-state index is 12.6. The molecular formula is C22H23NO6. The second kappa shape index (κ2) is 7.40. The maximum Gasteiger partial charge on any atom is 0.335 e. The standard InChI is InChI=1S/C22H23NO6/c1-22(2)13-17-18(11-15(21(25)26)12-19(17)29-22)28-16-5-3-14(4-6-16)20(24)23-7-9-27-10-8-23/h3-6,11-12H,7-10,13H2,1-2H3,(H,25,26). The molecule has 2 aliphatic heterocycles. The van der Waals surface area contributed by atoms with Gasteiger partial charge in [-0.05, 0) is 50.2 Å². The maximum atomic E-state index is 12.6. The Morgan fingerprint density at radius 1 is 1.07 bits per heavy atom. The van der Waals surface area contributed by atoms with Crippen molar-refractivity contribution in [3.63, 3.8) is 0 Å². The Kier molecular flexibility index (Phi) is 4.92. The van der Waals surface area contributed by atoms with Crippen molar-refractivity contribution in [3.8, 4) is 17.2 Å². The summed E-state index contributed by atoms with van der Waals surface area (Å²) in [5, 5.41) is 9.40. The van der Waals surface area contributed by atoms with E-state index in [4.69, 9.17) is 14.2 Å². The van der Waals surface area contributed by atoms with Crippen molar-refractivity contribution in [1.82, 2.24) is 4.90 Å². The summed E-state index contributed by atoms with van der Waals surface area (Å²) in [5.74, 6) is 0.431. The second-order valence-corrected chi connectivity index (χ2v) is 7.83. The number of carboxylic acid groups (broad SMARTS) is 1. The number of nitrogens with zero attached hydrogens (tertiary/aromatic N) is 1. The highest BCUT2D eigenvalue weighted by Gasteiger charge is 2.34. The Labute approximate surface area is 168 Å². The highest BCUT2D eigenvalue weighted by molar-refractivity contribution is 5.94. The Balaban J connectivity index is 1.57. The molecule has 0 atom stereocenters. The summed E-state index contributed by atoms with van der Waals surface area (Å²) in [4.78, 5) is 25.8. The van der Waals surface area contributed by atoms with Gasteiger partial charge in [0.05, 0.1) is 18.8 Å². The molecule has 0 unspecified atom stereocenters. The first-order valence-electron chi connectivity index (χ1n) is 9.56. The molecule has 152 valence electrons. The van der Waals surface area contributed by atoms with Crippen LogP contribution < -0.4 is 9.47 Å². The average molecular weight is 397 g/mol. The largest absolute Gasteiger partial charge is 0.487 e. The third-order valence-corrected chi connectivity index (χ3v) is 5.03. The number of morpholine rings is 1. The van der Waals surface area contributed by atoms with Crippen molar-refractivity contribution < 1.29 is 28.9 Å². The van der Waals surface area contributed by atoms with Gasteiger partial charge in [-0.3, -0.25) is 4.79 Å². The minimum Gasteiger partial charge on any atom is -0.487 e. The molecule has 1 saturated heterocycles. The van der Waals surface area contributed by atoms with E-state index in [0.29, 0.717) is 55.5 Å². The summed E-state index contributed by atoms with van der Waals surface area (Å²) in [7, 11) is 0. The van der Waals surface area contributed by atoms with E-state index in [1.165, 1.54) is 12.1 Å². The number of rotatable bonds is 4. The molecule has 0 aliphatic carbocycles. The van der Waals surface area contributed by atoms with Crippen LogP contribution in [0.5, 0.6) is 17.2 Å². The molecule has 0 aromatic heterocycles. The molecule has 7 nitrogen and oxygen atoms in total. The monoisotopic (exact) mass is 397 g/mol. The second-order valence-electron chi connectivity index (χ2n) is 7.83. The molecule has 0 spiro atoms. The number of hydrogen-bond acceptors (Lipinski definition) is 5. The number of aromatic carboxylic acids is 1. The Bertz CT molecular complexity index is 945. The van der Waals surface area contributed by atoms with E-state index in [1.54, 1.807) is 29.2 Å². The van der Waals surface area contributed by atoms with Crippen LogP contribution in [-0.4, -0.2) is 53.8 Å². The fraction of sp³-hybridized carbons (Fsp3) is 0.364. The van der Waals surface area contributed by atoms with Crippen LogP contribution in [0.2, 0.25) is 0 Å². The van der Waals surface area contributed by atoms with E-state index in [1.807, 2.05) is 13.8 Å². The third-order valence-electron chi connectivity index (χ3n) is 5.03. The van der Waals surface area contributed by atoms with Gasteiger partial charge in [0.2, 0.25) is 0 Å². The minimum atomic E-state index is -1.04. The van der Waals surface area contributed by atoms with Crippen LogP contribution in [0, 0.1) is 0 Å². The molecule has 0 radical (unpaired) electrons. The van der Waals surface area contributed by atoms with Crippen molar-refractivity contribution >= 4 is 11.9 Å². The quantitative estimate of drug-likeness (QED) is 0.852. The van der Waals surface area contributed by atoms with Gasteiger partial charge in [-0.15, -0.1) is 0 Å². The zero-order chi connectivity index (χ0) is 20.6. The van der Waals surface area contributed by atoms with E-state index in [-0.39, 0.29) is 11.5 Å². The highest BCUT2D eigenvalue weighted by atomic mass is 16.5. The van der Waals surface area contributed by atoms with Gasteiger partial charge >= 0.3 is 5.97 Å². The molecule has 2 heterocycles. The molecule has 1 amide bonds. The summed E-state index contributed by atoms with van der Waals surface area (Å²) < 4.78 is 17.2. The van der Waals surface area contributed by atoms with Crippen LogP contribution in [0.15, 0.2) is 36.4 Å². The lowest BCUT2D eigenvalue weighted by atomic mass is 10.00. The highest BCUT2D eigenvalue weighted by Crippen LogP contribution is 2.42. The number of ether oxygens (including phenoxy) is 3. The van der Waals surface area contributed by atoms with Crippen molar-refractivity contribution in [2.24, 2.45) is 0 Å². The number of carboxylic acids is 1. The van der Waals surface area contributed by atoms with Crippen LogP contribution in [0.4, 0.5) is 0 Å². The summed E-state index contributed by atoms with van der Waals surface area (Å²) >= 11 is 0. The van der Waals surface area contributed by atoms with E-state index in [2.05, 4.69) is 0 Å². The topological polar surface area (TPSA) is 85.3 Å². The average Bonchev–Trinajstić information content (AvgIpc) is 3.03. The zero-order valence-corrected chi connectivity index (χ0v) is 16.4. The molecule has 0 bridgehead atoms. The predicted molar refractivity (Wildman–Crippen MR) is 105 cm³/mol. The lowest BCUT2D eigenvalue weighted by molar-refractivity contribution is 0.0303. The molecular weight excluding hydrogens is 374 g/mol. The van der Waals surface area contributed by atoms with Gasteiger partial charge in [-0.2, -0.15) is 0 Å². The number of fused-ring (bicyclic) bond motifs is 1. The van der Waals surface area contributed by atoms with Gasteiger partial charge in [0, 0.05) is 30.6 Å². The Morgan fingerprint density at radius 3 is 2.41 bits per heavy atom. The third kappa shape index (κ3) is 4.05. The van der Waals surface area contributed by atoms with Crippen LogP contribution in [0.25, 0.3) is 0 Å². The number of benzene rings is 2. The van der Waals surface area contributed by atoms with Gasteiger partial charge in [-0.1, -0.05) is 0 Å². The molecule has 2 aromatic carbocycles. The molecule has 2 aliphatic rings. The summed E-state index contributed by atoms with van der Waals surface area (Å²) in [6, 6.07) is 9.91. The fourth-order valence-corrected chi connectivity index (χ4v) is 3.60.